The normalized spacial score (nSPS) is 17.7. The number of ether oxygens (including phenoxy) is 2. The third kappa shape index (κ3) is 3.88. The van der Waals surface area contributed by atoms with Gasteiger partial charge in [-0.1, -0.05) is 6.92 Å². The minimum atomic E-state index is 0.451. The first-order valence-electron chi connectivity index (χ1n) is 8.52. The minimum Gasteiger partial charge on any atom is -0.494 e. The molecule has 1 aromatic carbocycles. The second-order valence-electron chi connectivity index (χ2n) is 6.01. The first kappa shape index (κ1) is 15.9. The molecule has 0 N–H and O–H groups in total. The van der Waals surface area contributed by atoms with E-state index in [-0.39, 0.29) is 0 Å². The maximum absolute atomic E-state index is 5.88. The Kier molecular flexibility index (Phi) is 5.23. The molecule has 0 saturated carbocycles. The molecule has 4 heteroatoms. The number of aromatic nitrogens is 1. The topological polar surface area (TPSA) is 26.6 Å². The van der Waals surface area contributed by atoms with E-state index in [2.05, 4.69) is 41.6 Å². The van der Waals surface area contributed by atoms with Gasteiger partial charge < -0.3 is 14.0 Å². The monoisotopic (exact) mass is 314 g/mol. The van der Waals surface area contributed by atoms with Gasteiger partial charge in [-0.25, -0.2) is 0 Å². The van der Waals surface area contributed by atoms with Crippen molar-refractivity contribution in [1.29, 1.82) is 0 Å². The van der Waals surface area contributed by atoms with E-state index in [4.69, 9.17) is 9.47 Å². The van der Waals surface area contributed by atoms with Crippen molar-refractivity contribution < 1.29 is 9.47 Å². The van der Waals surface area contributed by atoms with Crippen LogP contribution in [0, 0.1) is 0 Å². The zero-order valence-corrected chi connectivity index (χ0v) is 14.1. The van der Waals surface area contributed by atoms with Gasteiger partial charge in [-0.3, -0.25) is 4.90 Å². The summed E-state index contributed by atoms with van der Waals surface area (Å²) in [5.41, 5.74) is 1.40. The fourth-order valence-corrected chi connectivity index (χ4v) is 3.07. The van der Waals surface area contributed by atoms with Gasteiger partial charge in [0.25, 0.3) is 0 Å². The van der Waals surface area contributed by atoms with E-state index in [1.165, 1.54) is 5.69 Å². The van der Waals surface area contributed by atoms with Crippen molar-refractivity contribution in [2.24, 2.45) is 0 Å². The summed E-state index contributed by atoms with van der Waals surface area (Å²) in [4.78, 5) is 2.48. The van der Waals surface area contributed by atoms with Gasteiger partial charge in [0.1, 0.15) is 18.1 Å². The zero-order valence-electron chi connectivity index (χ0n) is 14.1. The molecule has 1 aromatic heterocycles. The van der Waals surface area contributed by atoms with E-state index in [0.717, 1.165) is 44.2 Å². The number of fused-ring (bicyclic) bond motifs is 1. The molecule has 1 aliphatic heterocycles. The summed E-state index contributed by atoms with van der Waals surface area (Å²) in [6, 6.07) is 12.7. The highest BCUT2D eigenvalue weighted by molar-refractivity contribution is 5.31. The standard InChI is InChI=1S/C19H26N2O2/c1-3-14-22-17-6-8-18(9-7-17)23-15-13-20-11-12-21-10-4-5-19(21)16(20)2/h4-10,16H,3,11-15H2,1-2H3. The zero-order chi connectivity index (χ0) is 16.1. The molecule has 1 atom stereocenters. The molecule has 0 spiro atoms. The molecule has 2 heterocycles. The summed E-state index contributed by atoms with van der Waals surface area (Å²) in [5, 5.41) is 0. The molecule has 0 aliphatic carbocycles. The number of benzene rings is 1. The molecule has 0 saturated heterocycles. The maximum Gasteiger partial charge on any atom is 0.119 e. The number of nitrogens with zero attached hydrogens (tertiary/aromatic N) is 2. The Bertz CT molecular complexity index is 606. The lowest BCUT2D eigenvalue weighted by atomic mass is 10.1. The summed E-state index contributed by atoms with van der Waals surface area (Å²) in [6.07, 6.45) is 3.19. The third-order valence-corrected chi connectivity index (χ3v) is 4.41. The fourth-order valence-electron chi connectivity index (χ4n) is 3.07. The highest BCUT2D eigenvalue weighted by Crippen LogP contribution is 2.25. The molecule has 124 valence electrons. The molecule has 1 unspecified atom stereocenters. The lowest BCUT2D eigenvalue weighted by Gasteiger charge is -2.34. The Morgan fingerprint density at radius 2 is 1.70 bits per heavy atom. The molecule has 0 bridgehead atoms. The van der Waals surface area contributed by atoms with E-state index in [9.17, 15) is 0 Å². The van der Waals surface area contributed by atoms with Crippen LogP contribution in [0.4, 0.5) is 0 Å². The van der Waals surface area contributed by atoms with E-state index in [0.29, 0.717) is 12.6 Å². The van der Waals surface area contributed by atoms with E-state index >= 15 is 0 Å². The summed E-state index contributed by atoms with van der Waals surface area (Å²) < 4.78 is 13.8. The van der Waals surface area contributed by atoms with Crippen LogP contribution in [-0.2, 0) is 6.54 Å². The van der Waals surface area contributed by atoms with Gasteiger partial charge in [0.2, 0.25) is 0 Å². The summed E-state index contributed by atoms with van der Waals surface area (Å²) in [5.74, 6) is 1.81. The van der Waals surface area contributed by atoms with Crippen LogP contribution in [0.25, 0.3) is 0 Å². The smallest absolute Gasteiger partial charge is 0.119 e. The van der Waals surface area contributed by atoms with Crippen molar-refractivity contribution in [3.63, 3.8) is 0 Å². The largest absolute Gasteiger partial charge is 0.494 e. The van der Waals surface area contributed by atoms with Gasteiger partial charge in [-0.05, 0) is 49.7 Å². The highest BCUT2D eigenvalue weighted by Gasteiger charge is 2.22. The third-order valence-electron chi connectivity index (χ3n) is 4.41. The van der Waals surface area contributed by atoms with Gasteiger partial charge in [0.15, 0.2) is 0 Å². The molecule has 1 aliphatic rings. The number of hydrogen-bond acceptors (Lipinski definition) is 3. The van der Waals surface area contributed by atoms with Gasteiger partial charge >= 0.3 is 0 Å². The lowest BCUT2D eigenvalue weighted by Crippen LogP contribution is -2.38. The Hall–Kier alpha value is -1.94. The van der Waals surface area contributed by atoms with Crippen LogP contribution in [0.5, 0.6) is 11.5 Å². The lowest BCUT2D eigenvalue weighted by molar-refractivity contribution is 0.139. The molecular formula is C19H26N2O2. The Balaban J connectivity index is 1.46. The first-order chi connectivity index (χ1) is 11.3. The Morgan fingerprint density at radius 3 is 2.39 bits per heavy atom. The van der Waals surface area contributed by atoms with E-state index in [1.54, 1.807) is 0 Å². The predicted molar refractivity (Wildman–Crippen MR) is 92.1 cm³/mol. The van der Waals surface area contributed by atoms with Crippen LogP contribution in [0.1, 0.15) is 32.0 Å². The molecule has 23 heavy (non-hydrogen) atoms. The minimum absolute atomic E-state index is 0.451. The molecule has 3 rings (SSSR count). The van der Waals surface area contributed by atoms with E-state index < -0.39 is 0 Å². The van der Waals surface area contributed by atoms with Crippen LogP contribution in [0.2, 0.25) is 0 Å². The molecule has 0 fully saturated rings. The van der Waals surface area contributed by atoms with Crippen molar-refractivity contribution in [3.8, 4) is 11.5 Å². The van der Waals surface area contributed by atoms with Crippen LogP contribution < -0.4 is 9.47 Å². The number of hydrogen-bond donors (Lipinski definition) is 0. The van der Waals surface area contributed by atoms with Gasteiger partial charge in [-0.2, -0.15) is 0 Å². The SMILES string of the molecule is CCCOc1ccc(OCCN2CCn3cccc3C2C)cc1. The Morgan fingerprint density at radius 1 is 1.00 bits per heavy atom. The van der Waals surface area contributed by atoms with Crippen molar-refractivity contribution in [1.82, 2.24) is 9.47 Å². The Labute approximate surface area is 138 Å². The molecule has 2 aromatic rings. The average Bonchev–Trinajstić information content (AvgIpc) is 3.06. The molecule has 0 radical (unpaired) electrons. The molecular weight excluding hydrogens is 288 g/mol. The second kappa shape index (κ2) is 7.55. The predicted octanol–water partition coefficient (Wildman–Crippen LogP) is 3.73. The van der Waals surface area contributed by atoms with Crippen LogP contribution >= 0.6 is 0 Å². The van der Waals surface area contributed by atoms with Crippen molar-refractivity contribution >= 4 is 0 Å². The second-order valence-corrected chi connectivity index (χ2v) is 6.01. The number of rotatable bonds is 7. The van der Waals surface area contributed by atoms with Crippen LogP contribution in [0.3, 0.4) is 0 Å². The first-order valence-corrected chi connectivity index (χ1v) is 8.52. The van der Waals surface area contributed by atoms with Crippen molar-refractivity contribution in [3.05, 3.63) is 48.3 Å². The van der Waals surface area contributed by atoms with Gasteiger partial charge in [0, 0.05) is 37.6 Å². The van der Waals surface area contributed by atoms with Crippen molar-refractivity contribution in [2.75, 3.05) is 26.3 Å². The average molecular weight is 314 g/mol. The highest BCUT2D eigenvalue weighted by atomic mass is 16.5. The van der Waals surface area contributed by atoms with Crippen molar-refractivity contribution in [2.45, 2.75) is 32.9 Å². The van der Waals surface area contributed by atoms with Crippen LogP contribution in [-0.4, -0.2) is 35.8 Å². The summed E-state index contributed by atoms with van der Waals surface area (Å²) >= 11 is 0. The molecule has 0 amide bonds. The quantitative estimate of drug-likeness (QED) is 0.779. The van der Waals surface area contributed by atoms with E-state index in [1.807, 2.05) is 24.3 Å². The summed E-state index contributed by atoms with van der Waals surface area (Å²) in [7, 11) is 0. The van der Waals surface area contributed by atoms with Crippen LogP contribution in [0.15, 0.2) is 42.6 Å². The van der Waals surface area contributed by atoms with Gasteiger partial charge in [0.05, 0.1) is 6.61 Å². The maximum atomic E-state index is 5.88. The fraction of sp³-hybridized carbons (Fsp3) is 0.474. The molecule has 4 nitrogen and oxygen atoms in total. The summed E-state index contributed by atoms with van der Waals surface area (Å²) in [6.45, 7) is 8.93. The van der Waals surface area contributed by atoms with Gasteiger partial charge in [-0.15, -0.1) is 0 Å².